The Bertz CT molecular complexity index is 1800. The molecule has 1 amide bonds. The highest BCUT2D eigenvalue weighted by Gasteiger charge is 2.35. The average Bonchev–Trinajstić information content (AvgIpc) is 3.46. The second-order valence-electron chi connectivity index (χ2n) is 11.4. The first-order chi connectivity index (χ1) is 20.3. The quantitative estimate of drug-likeness (QED) is 0.183. The van der Waals surface area contributed by atoms with Gasteiger partial charge in [0.15, 0.2) is 0 Å². The zero-order chi connectivity index (χ0) is 30.9. The Kier molecular flexibility index (Phi) is 8.02. The van der Waals surface area contributed by atoms with Crippen LogP contribution in [0.1, 0.15) is 59.3 Å². The van der Waals surface area contributed by atoms with E-state index in [-0.39, 0.29) is 30.5 Å². The van der Waals surface area contributed by atoms with Crippen LogP contribution < -0.4 is 0 Å². The van der Waals surface area contributed by atoms with Gasteiger partial charge in [0.05, 0.1) is 12.1 Å². The molecular weight excluding hydrogens is 551 g/mol. The van der Waals surface area contributed by atoms with Crippen molar-refractivity contribution in [3.05, 3.63) is 131 Å². The van der Waals surface area contributed by atoms with E-state index in [9.17, 15) is 22.8 Å². The third-order valence-electron chi connectivity index (χ3n) is 8.05. The van der Waals surface area contributed by atoms with Crippen LogP contribution in [-0.4, -0.2) is 16.6 Å². The molecule has 0 aliphatic rings. The summed E-state index contributed by atoms with van der Waals surface area (Å²) in [6.07, 6.45) is -4.62. The lowest BCUT2D eigenvalue weighted by molar-refractivity contribution is -0.153. The van der Waals surface area contributed by atoms with Crippen LogP contribution in [0.2, 0.25) is 0 Å². The molecule has 0 fully saturated rings. The molecule has 0 atom stereocenters. The first kappa shape index (κ1) is 29.8. The molecular formula is C36H32F3NO3. The molecule has 5 rings (SSSR count). The summed E-state index contributed by atoms with van der Waals surface area (Å²) in [5.41, 5.74) is 4.27. The highest BCUT2D eigenvalue weighted by atomic mass is 19.4. The molecule has 1 heterocycles. The van der Waals surface area contributed by atoms with Crippen molar-refractivity contribution in [1.29, 1.82) is 0 Å². The van der Waals surface area contributed by atoms with Gasteiger partial charge in [0.1, 0.15) is 11.5 Å². The summed E-state index contributed by atoms with van der Waals surface area (Å²) >= 11 is 0. The van der Waals surface area contributed by atoms with Crippen LogP contribution in [-0.2, 0) is 29.5 Å². The van der Waals surface area contributed by atoms with E-state index in [1.807, 2.05) is 106 Å². The van der Waals surface area contributed by atoms with Gasteiger partial charge >= 0.3 is 6.18 Å². The van der Waals surface area contributed by atoms with Crippen molar-refractivity contribution in [2.75, 3.05) is 0 Å². The van der Waals surface area contributed by atoms with E-state index in [1.165, 1.54) is 11.0 Å². The van der Waals surface area contributed by atoms with E-state index < -0.39 is 17.4 Å². The fourth-order valence-electron chi connectivity index (χ4n) is 5.14. The van der Waals surface area contributed by atoms with Gasteiger partial charge in [-0.25, -0.2) is 0 Å². The smallest absolute Gasteiger partial charge is 0.449 e. The third-order valence-corrected chi connectivity index (χ3v) is 8.05. The van der Waals surface area contributed by atoms with Crippen LogP contribution in [0.4, 0.5) is 13.2 Å². The van der Waals surface area contributed by atoms with E-state index in [0.717, 1.165) is 44.7 Å². The molecule has 0 unspecified atom stereocenters. The van der Waals surface area contributed by atoms with Crippen LogP contribution in [0, 0.1) is 6.92 Å². The van der Waals surface area contributed by atoms with Crippen molar-refractivity contribution >= 4 is 22.5 Å². The third kappa shape index (κ3) is 6.26. The monoisotopic (exact) mass is 583 g/mol. The molecule has 4 nitrogen and oxygen atoms in total. The normalized spacial score (nSPS) is 12.0. The molecule has 0 saturated carbocycles. The number of fused-ring (bicyclic) bond motifs is 1. The molecule has 0 N–H and O–H groups in total. The SMILES string of the molecule is CC(=O)C(C)(C)c1cccc(-c2ccc(CN(Cc3ccc(C(F)(F)F)o3)C(=O)c3c(C)ccc4ccccc34)cc2)c1. The minimum atomic E-state index is -4.62. The average molecular weight is 584 g/mol. The summed E-state index contributed by atoms with van der Waals surface area (Å²) in [4.78, 5) is 27.8. The molecule has 0 radical (unpaired) electrons. The molecule has 43 heavy (non-hydrogen) atoms. The van der Waals surface area contributed by atoms with Gasteiger partial charge < -0.3 is 9.32 Å². The summed E-state index contributed by atoms with van der Waals surface area (Å²) in [6.45, 7) is 7.25. The number of hydrogen-bond acceptors (Lipinski definition) is 3. The summed E-state index contributed by atoms with van der Waals surface area (Å²) in [5.74, 6) is -1.29. The minimum Gasteiger partial charge on any atom is -0.455 e. The Hall–Kier alpha value is -4.65. The summed E-state index contributed by atoms with van der Waals surface area (Å²) in [7, 11) is 0. The molecule has 4 aromatic carbocycles. The standard InChI is InChI=1S/C36H32F3NO3/c1-23-12-15-27-8-5-6-11-31(27)33(23)34(42)40(22-30-18-19-32(43-30)36(37,38)39)21-25-13-16-26(17-14-25)28-9-7-10-29(20-28)35(3,4)24(2)41/h5-20H,21-22H2,1-4H3. The maximum Gasteiger partial charge on any atom is 0.449 e. The van der Waals surface area contributed by atoms with Crippen molar-refractivity contribution in [3.63, 3.8) is 0 Å². The predicted octanol–water partition coefficient (Wildman–Crippen LogP) is 9.14. The van der Waals surface area contributed by atoms with Gasteiger partial charge in [-0.2, -0.15) is 13.2 Å². The van der Waals surface area contributed by atoms with Crippen LogP contribution in [0.25, 0.3) is 21.9 Å². The largest absolute Gasteiger partial charge is 0.455 e. The number of furan rings is 1. The molecule has 0 aliphatic carbocycles. The number of hydrogen-bond donors (Lipinski definition) is 0. The number of Topliss-reactive ketones (excluding diaryl/α,β-unsaturated/α-hetero) is 1. The lowest BCUT2D eigenvalue weighted by Gasteiger charge is -2.24. The lowest BCUT2D eigenvalue weighted by atomic mass is 9.80. The Balaban J connectivity index is 1.48. The van der Waals surface area contributed by atoms with Crippen molar-refractivity contribution < 1.29 is 27.2 Å². The van der Waals surface area contributed by atoms with Gasteiger partial charge in [-0.15, -0.1) is 0 Å². The first-order valence-electron chi connectivity index (χ1n) is 14.0. The molecule has 7 heteroatoms. The highest BCUT2D eigenvalue weighted by Crippen LogP contribution is 2.32. The van der Waals surface area contributed by atoms with Crippen LogP contribution in [0.5, 0.6) is 0 Å². The number of carbonyl (C=O) groups is 2. The molecule has 0 aliphatic heterocycles. The second kappa shape index (κ2) is 11.6. The maximum atomic E-state index is 14.1. The highest BCUT2D eigenvalue weighted by molar-refractivity contribution is 6.08. The van der Waals surface area contributed by atoms with Crippen molar-refractivity contribution in [2.45, 2.75) is 52.4 Å². The topological polar surface area (TPSA) is 50.5 Å². The molecule has 220 valence electrons. The number of aryl methyl sites for hydroxylation is 1. The molecule has 5 aromatic rings. The zero-order valence-corrected chi connectivity index (χ0v) is 24.5. The molecule has 1 aromatic heterocycles. The van der Waals surface area contributed by atoms with Gasteiger partial charge in [0.2, 0.25) is 5.76 Å². The fraction of sp³-hybridized carbons (Fsp3) is 0.222. The summed E-state index contributed by atoms with van der Waals surface area (Å²) in [5, 5.41) is 1.67. The van der Waals surface area contributed by atoms with Gasteiger partial charge in [-0.05, 0) is 78.4 Å². The van der Waals surface area contributed by atoms with Gasteiger partial charge in [-0.1, -0.05) is 84.9 Å². The van der Waals surface area contributed by atoms with Crippen LogP contribution >= 0.6 is 0 Å². The number of nitrogens with zero attached hydrogens (tertiary/aromatic N) is 1. The minimum absolute atomic E-state index is 0.0417. The van der Waals surface area contributed by atoms with Crippen molar-refractivity contribution in [3.8, 4) is 11.1 Å². The number of alkyl halides is 3. The number of rotatable bonds is 8. The molecule has 0 bridgehead atoms. The Labute approximate surface area is 248 Å². The lowest BCUT2D eigenvalue weighted by Crippen LogP contribution is -2.30. The van der Waals surface area contributed by atoms with E-state index in [4.69, 9.17) is 4.42 Å². The fourth-order valence-corrected chi connectivity index (χ4v) is 5.14. The maximum absolute atomic E-state index is 14.1. The van der Waals surface area contributed by atoms with Gasteiger partial charge in [0, 0.05) is 12.0 Å². The predicted molar refractivity (Wildman–Crippen MR) is 162 cm³/mol. The molecule has 0 spiro atoms. The Morgan fingerprint density at radius 2 is 1.51 bits per heavy atom. The van der Waals surface area contributed by atoms with Crippen molar-refractivity contribution in [1.82, 2.24) is 4.90 Å². The van der Waals surface area contributed by atoms with E-state index in [0.29, 0.717) is 5.56 Å². The Morgan fingerprint density at radius 3 is 2.19 bits per heavy atom. The number of benzene rings is 4. The number of carbonyl (C=O) groups excluding carboxylic acids is 2. The number of ketones is 1. The van der Waals surface area contributed by atoms with Gasteiger partial charge in [0.25, 0.3) is 5.91 Å². The van der Waals surface area contributed by atoms with Crippen LogP contribution in [0.15, 0.2) is 101 Å². The van der Waals surface area contributed by atoms with E-state index in [1.54, 1.807) is 6.92 Å². The zero-order valence-electron chi connectivity index (χ0n) is 24.5. The number of halogens is 3. The summed E-state index contributed by atoms with van der Waals surface area (Å²) < 4.78 is 44.9. The number of amides is 1. The summed E-state index contributed by atoms with van der Waals surface area (Å²) in [6, 6.07) is 29.0. The first-order valence-corrected chi connectivity index (χ1v) is 14.0. The van der Waals surface area contributed by atoms with E-state index in [2.05, 4.69) is 0 Å². The van der Waals surface area contributed by atoms with E-state index >= 15 is 0 Å². The molecule has 0 saturated heterocycles. The second-order valence-corrected chi connectivity index (χ2v) is 11.4. The van der Waals surface area contributed by atoms with Crippen LogP contribution in [0.3, 0.4) is 0 Å². The van der Waals surface area contributed by atoms with Gasteiger partial charge in [-0.3, -0.25) is 9.59 Å². The Morgan fingerprint density at radius 1 is 0.791 bits per heavy atom. The van der Waals surface area contributed by atoms with Crippen molar-refractivity contribution in [2.24, 2.45) is 0 Å².